The highest BCUT2D eigenvalue weighted by Gasteiger charge is 2.08. The van der Waals surface area contributed by atoms with Crippen molar-refractivity contribution in [2.24, 2.45) is 0 Å². The monoisotopic (exact) mass is 159 g/mol. The SMILES string of the molecule is Nc1nccc(C2C=CC=C2)n1. The highest BCUT2D eigenvalue weighted by Crippen LogP contribution is 2.20. The van der Waals surface area contributed by atoms with Gasteiger partial charge in [-0.05, 0) is 6.07 Å². The van der Waals surface area contributed by atoms with E-state index in [-0.39, 0.29) is 5.92 Å². The first kappa shape index (κ1) is 7.03. The van der Waals surface area contributed by atoms with Gasteiger partial charge < -0.3 is 5.73 Å². The van der Waals surface area contributed by atoms with Crippen molar-refractivity contribution in [3.8, 4) is 0 Å². The molecule has 1 aliphatic rings. The number of anilines is 1. The van der Waals surface area contributed by atoms with E-state index in [9.17, 15) is 0 Å². The Labute approximate surface area is 70.7 Å². The number of nitrogens with zero attached hydrogens (tertiary/aromatic N) is 2. The summed E-state index contributed by atoms with van der Waals surface area (Å²) in [5.74, 6) is 0.608. The lowest BCUT2D eigenvalue weighted by Gasteiger charge is -2.03. The first-order valence-corrected chi connectivity index (χ1v) is 3.80. The summed E-state index contributed by atoms with van der Waals surface area (Å²) in [5, 5.41) is 0. The fourth-order valence-electron chi connectivity index (χ4n) is 1.20. The Morgan fingerprint density at radius 2 is 2.00 bits per heavy atom. The molecule has 1 heterocycles. The molecule has 0 aliphatic heterocycles. The summed E-state index contributed by atoms with van der Waals surface area (Å²) >= 11 is 0. The maximum atomic E-state index is 5.46. The van der Waals surface area contributed by atoms with Crippen LogP contribution in [0.4, 0.5) is 5.95 Å². The second kappa shape index (κ2) is 2.77. The molecular formula is C9H9N3. The van der Waals surface area contributed by atoms with Crippen molar-refractivity contribution in [1.29, 1.82) is 0 Å². The van der Waals surface area contributed by atoms with E-state index in [4.69, 9.17) is 5.73 Å². The lowest BCUT2D eigenvalue weighted by molar-refractivity contribution is 0.984. The molecule has 2 N–H and O–H groups in total. The predicted octanol–water partition coefficient (Wildman–Crippen LogP) is 1.27. The van der Waals surface area contributed by atoms with Gasteiger partial charge in [0.15, 0.2) is 0 Å². The lowest BCUT2D eigenvalue weighted by atomic mass is 10.1. The molecular weight excluding hydrogens is 150 g/mol. The summed E-state index contributed by atoms with van der Waals surface area (Å²) in [6.45, 7) is 0. The number of allylic oxidation sites excluding steroid dienone is 4. The van der Waals surface area contributed by atoms with Crippen molar-refractivity contribution in [3.05, 3.63) is 42.3 Å². The Kier molecular flexibility index (Phi) is 1.63. The minimum absolute atomic E-state index is 0.273. The van der Waals surface area contributed by atoms with Crippen LogP contribution in [0.3, 0.4) is 0 Å². The largest absolute Gasteiger partial charge is 0.368 e. The molecule has 0 atom stereocenters. The van der Waals surface area contributed by atoms with Crippen LogP contribution in [0.5, 0.6) is 0 Å². The van der Waals surface area contributed by atoms with Crippen LogP contribution in [0.15, 0.2) is 36.6 Å². The highest BCUT2D eigenvalue weighted by atomic mass is 15.0. The topological polar surface area (TPSA) is 51.8 Å². The van der Waals surface area contributed by atoms with Crippen molar-refractivity contribution < 1.29 is 0 Å². The Balaban J connectivity index is 2.34. The number of nitrogen functional groups attached to an aromatic ring is 1. The van der Waals surface area contributed by atoms with Crippen LogP contribution in [-0.2, 0) is 0 Å². The van der Waals surface area contributed by atoms with Crippen LogP contribution in [0, 0.1) is 0 Å². The van der Waals surface area contributed by atoms with Gasteiger partial charge in [-0.15, -0.1) is 0 Å². The molecule has 0 fully saturated rings. The highest BCUT2D eigenvalue weighted by molar-refractivity contribution is 5.32. The van der Waals surface area contributed by atoms with Gasteiger partial charge in [0, 0.05) is 12.1 Å². The molecule has 0 saturated carbocycles. The molecule has 0 saturated heterocycles. The first-order chi connectivity index (χ1) is 5.86. The van der Waals surface area contributed by atoms with Crippen LogP contribution in [-0.4, -0.2) is 9.97 Å². The zero-order chi connectivity index (χ0) is 8.39. The van der Waals surface area contributed by atoms with Crippen molar-refractivity contribution >= 4 is 5.95 Å². The molecule has 1 aromatic heterocycles. The molecule has 0 radical (unpaired) electrons. The van der Waals surface area contributed by atoms with Gasteiger partial charge in [-0.2, -0.15) is 0 Å². The van der Waals surface area contributed by atoms with Crippen molar-refractivity contribution in [1.82, 2.24) is 9.97 Å². The van der Waals surface area contributed by atoms with Crippen LogP contribution < -0.4 is 5.73 Å². The second-order valence-electron chi connectivity index (χ2n) is 2.64. The van der Waals surface area contributed by atoms with Gasteiger partial charge in [-0.1, -0.05) is 24.3 Å². The molecule has 0 unspecified atom stereocenters. The van der Waals surface area contributed by atoms with Gasteiger partial charge in [0.25, 0.3) is 0 Å². The fraction of sp³-hybridized carbons (Fsp3) is 0.111. The number of rotatable bonds is 1. The molecule has 1 aromatic rings. The predicted molar refractivity (Wildman–Crippen MR) is 47.5 cm³/mol. The molecule has 0 amide bonds. The summed E-state index contributed by atoms with van der Waals surface area (Å²) in [7, 11) is 0. The van der Waals surface area contributed by atoms with Crippen molar-refractivity contribution in [2.45, 2.75) is 5.92 Å². The third kappa shape index (κ3) is 1.21. The van der Waals surface area contributed by atoms with E-state index in [0.717, 1.165) is 5.69 Å². The van der Waals surface area contributed by atoms with E-state index >= 15 is 0 Å². The minimum Gasteiger partial charge on any atom is -0.368 e. The zero-order valence-electron chi connectivity index (χ0n) is 6.51. The zero-order valence-corrected chi connectivity index (χ0v) is 6.51. The Bertz CT molecular complexity index is 329. The summed E-state index contributed by atoms with van der Waals surface area (Å²) < 4.78 is 0. The van der Waals surface area contributed by atoms with E-state index in [1.54, 1.807) is 6.20 Å². The van der Waals surface area contributed by atoms with Gasteiger partial charge in [0.05, 0.1) is 5.69 Å². The van der Waals surface area contributed by atoms with E-state index in [1.165, 1.54) is 0 Å². The summed E-state index contributed by atoms with van der Waals surface area (Å²) in [6.07, 6.45) is 9.83. The summed E-state index contributed by atoms with van der Waals surface area (Å²) in [4.78, 5) is 7.95. The van der Waals surface area contributed by atoms with Crippen molar-refractivity contribution in [3.63, 3.8) is 0 Å². The molecule has 0 aromatic carbocycles. The summed E-state index contributed by atoms with van der Waals surface area (Å²) in [5.41, 5.74) is 6.41. The second-order valence-corrected chi connectivity index (χ2v) is 2.64. The Morgan fingerprint density at radius 3 is 2.67 bits per heavy atom. The van der Waals surface area contributed by atoms with E-state index in [1.807, 2.05) is 18.2 Å². The molecule has 0 bridgehead atoms. The number of aromatic nitrogens is 2. The van der Waals surface area contributed by atoms with Crippen LogP contribution in [0.1, 0.15) is 11.6 Å². The van der Waals surface area contributed by atoms with Crippen LogP contribution >= 0.6 is 0 Å². The minimum atomic E-state index is 0.273. The maximum absolute atomic E-state index is 5.46. The molecule has 3 nitrogen and oxygen atoms in total. The first-order valence-electron chi connectivity index (χ1n) is 3.80. The molecule has 3 heteroatoms. The standard InChI is InChI=1S/C9H9N3/c10-9-11-6-5-8(12-9)7-3-1-2-4-7/h1-7H,(H2,10,11,12). The molecule has 2 rings (SSSR count). The third-order valence-corrected chi connectivity index (χ3v) is 1.79. The van der Waals surface area contributed by atoms with Gasteiger partial charge in [0.1, 0.15) is 0 Å². The Morgan fingerprint density at radius 1 is 1.25 bits per heavy atom. The van der Waals surface area contributed by atoms with Gasteiger partial charge in [-0.25, -0.2) is 9.97 Å². The maximum Gasteiger partial charge on any atom is 0.220 e. The van der Waals surface area contributed by atoms with Crippen LogP contribution in [0.2, 0.25) is 0 Å². The number of hydrogen-bond acceptors (Lipinski definition) is 3. The Hall–Kier alpha value is -1.64. The molecule has 12 heavy (non-hydrogen) atoms. The average Bonchev–Trinajstić information content (AvgIpc) is 2.56. The lowest BCUT2D eigenvalue weighted by Crippen LogP contribution is -1.99. The van der Waals surface area contributed by atoms with E-state index in [2.05, 4.69) is 22.1 Å². The van der Waals surface area contributed by atoms with Gasteiger partial charge in [-0.3, -0.25) is 0 Å². The van der Waals surface area contributed by atoms with Gasteiger partial charge in [0.2, 0.25) is 5.95 Å². The van der Waals surface area contributed by atoms with Gasteiger partial charge >= 0.3 is 0 Å². The third-order valence-electron chi connectivity index (χ3n) is 1.79. The number of hydrogen-bond donors (Lipinski definition) is 1. The number of nitrogens with two attached hydrogens (primary N) is 1. The van der Waals surface area contributed by atoms with Crippen molar-refractivity contribution in [2.75, 3.05) is 5.73 Å². The average molecular weight is 159 g/mol. The normalized spacial score (nSPS) is 15.7. The van der Waals surface area contributed by atoms with E-state index in [0.29, 0.717) is 5.95 Å². The molecule has 60 valence electrons. The van der Waals surface area contributed by atoms with Crippen LogP contribution in [0.25, 0.3) is 0 Å². The fourth-order valence-corrected chi connectivity index (χ4v) is 1.20. The van der Waals surface area contributed by atoms with E-state index < -0.39 is 0 Å². The quantitative estimate of drug-likeness (QED) is 0.671. The smallest absolute Gasteiger partial charge is 0.220 e. The molecule has 0 spiro atoms. The summed E-state index contributed by atoms with van der Waals surface area (Å²) in [6, 6.07) is 1.88. The molecule has 1 aliphatic carbocycles.